The van der Waals surface area contributed by atoms with Crippen molar-refractivity contribution in [2.45, 2.75) is 49.2 Å². The molecule has 0 saturated heterocycles. The smallest absolute Gasteiger partial charge is 0.0658 e. The van der Waals surface area contributed by atoms with Crippen LogP contribution in [0.1, 0.15) is 37.7 Å². The fourth-order valence-electron chi connectivity index (χ4n) is 2.23. The van der Waals surface area contributed by atoms with Crippen molar-refractivity contribution in [3.8, 4) is 0 Å². The molecule has 0 radical (unpaired) electrons. The number of aliphatic hydroxyl groups excluding tert-OH is 1. The Labute approximate surface area is 102 Å². The first-order valence-corrected chi connectivity index (χ1v) is 7.25. The molecule has 0 spiro atoms. The summed E-state index contributed by atoms with van der Waals surface area (Å²) in [6.45, 7) is 0. The molecule has 1 aliphatic carbocycles. The molecule has 2 unspecified atom stereocenters. The minimum atomic E-state index is -0.0868. The molecule has 1 saturated carbocycles. The number of aliphatic hydroxyl groups is 1. The Bertz CT molecular complexity index is 299. The van der Waals surface area contributed by atoms with Crippen LogP contribution in [0.3, 0.4) is 0 Å². The van der Waals surface area contributed by atoms with Crippen molar-refractivity contribution in [2.75, 3.05) is 0 Å². The summed E-state index contributed by atoms with van der Waals surface area (Å²) >= 11 is 1.92. The van der Waals surface area contributed by atoms with E-state index in [4.69, 9.17) is 0 Å². The summed E-state index contributed by atoms with van der Waals surface area (Å²) < 4.78 is 0. The topological polar surface area (TPSA) is 20.2 Å². The monoisotopic (exact) mass is 236 g/mol. The Kier molecular flexibility index (Phi) is 4.73. The van der Waals surface area contributed by atoms with Crippen molar-refractivity contribution in [2.24, 2.45) is 0 Å². The maximum absolute atomic E-state index is 10.0. The van der Waals surface area contributed by atoms with Gasteiger partial charge in [0, 0.05) is 11.0 Å². The zero-order valence-corrected chi connectivity index (χ0v) is 10.5. The van der Waals surface area contributed by atoms with E-state index in [-0.39, 0.29) is 6.10 Å². The van der Waals surface area contributed by atoms with Gasteiger partial charge in [-0.1, -0.05) is 49.6 Å². The highest BCUT2D eigenvalue weighted by Gasteiger charge is 2.21. The fraction of sp³-hybridized carbons (Fsp3) is 0.571. The average molecular weight is 236 g/mol. The average Bonchev–Trinajstić information content (AvgIpc) is 2.53. The number of hydrogen-bond donors (Lipinski definition) is 1. The number of thioether (sulfide) groups is 1. The first-order valence-electron chi connectivity index (χ1n) is 6.20. The summed E-state index contributed by atoms with van der Waals surface area (Å²) in [6.07, 6.45) is 5.86. The van der Waals surface area contributed by atoms with Crippen molar-refractivity contribution in [3.63, 3.8) is 0 Å². The predicted molar refractivity (Wildman–Crippen MR) is 70.6 cm³/mol. The van der Waals surface area contributed by atoms with Crippen LogP contribution in [0.15, 0.2) is 30.3 Å². The quantitative estimate of drug-likeness (QED) is 0.809. The molecule has 1 aliphatic rings. The molecule has 16 heavy (non-hydrogen) atoms. The van der Waals surface area contributed by atoms with E-state index < -0.39 is 0 Å². The van der Waals surface area contributed by atoms with Crippen LogP contribution in [0.4, 0.5) is 0 Å². The van der Waals surface area contributed by atoms with Gasteiger partial charge in [0.2, 0.25) is 0 Å². The molecule has 0 amide bonds. The summed E-state index contributed by atoms with van der Waals surface area (Å²) in [7, 11) is 0. The normalized spacial score (nSPS) is 26.3. The largest absolute Gasteiger partial charge is 0.392 e. The lowest BCUT2D eigenvalue weighted by Crippen LogP contribution is -2.21. The van der Waals surface area contributed by atoms with Gasteiger partial charge in [0.25, 0.3) is 0 Å². The second kappa shape index (κ2) is 6.31. The first kappa shape index (κ1) is 12.0. The van der Waals surface area contributed by atoms with Crippen LogP contribution in [0.25, 0.3) is 0 Å². The molecule has 2 rings (SSSR count). The van der Waals surface area contributed by atoms with Gasteiger partial charge in [0.1, 0.15) is 0 Å². The summed E-state index contributed by atoms with van der Waals surface area (Å²) in [4.78, 5) is 0. The summed E-state index contributed by atoms with van der Waals surface area (Å²) in [5.74, 6) is 1.03. The molecule has 2 atom stereocenters. The lowest BCUT2D eigenvalue weighted by molar-refractivity contribution is 0.163. The molecular formula is C14H20OS. The molecule has 88 valence electrons. The minimum absolute atomic E-state index is 0.0868. The van der Waals surface area contributed by atoms with Gasteiger partial charge in [-0.2, -0.15) is 11.8 Å². The van der Waals surface area contributed by atoms with E-state index in [0.29, 0.717) is 5.25 Å². The van der Waals surface area contributed by atoms with Crippen LogP contribution in [0.5, 0.6) is 0 Å². The molecule has 0 aromatic heterocycles. The van der Waals surface area contributed by atoms with E-state index in [1.54, 1.807) is 0 Å². The van der Waals surface area contributed by atoms with E-state index >= 15 is 0 Å². The Balaban J connectivity index is 1.84. The van der Waals surface area contributed by atoms with Crippen molar-refractivity contribution in [1.29, 1.82) is 0 Å². The Morgan fingerprint density at radius 3 is 2.62 bits per heavy atom. The van der Waals surface area contributed by atoms with E-state index in [1.165, 1.54) is 31.2 Å². The Morgan fingerprint density at radius 1 is 1.06 bits per heavy atom. The van der Waals surface area contributed by atoms with Crippen LogP contribution in [0, 0.1) is 0 Å². The zero-order chi connectivity index (χ0) is 11.2. The van der Waals surface area contributed by atoms with Gasteiger partial charge in [-0.3, -0.25) is 0 Å². The molecular weight excluding hydrogens is 216 g/mol. The second-order valence-corrected chi connectivity index (χ2v) is 5.77. The highest BCUT2D eigenvalue weighted by atomic mass is 32.2. The van der Waals surface area contributed by atoms with Crippen molar-refractivity contribution < 1.29 is 5.11 Å². The highest BCUT2D eigenvalue weighted by Crippen LogP contribution is 2.29. The lowest BCUT2D eigenvalue weighted by atomic mass is 10.1. The van der Waals surface area contributed by atoms with Crippen LogP contribution in [0.2, 0.25) is 0 Å². The van der Waals surface area contributed by atoms with Crippen LogP contribution < -0.4 is 0 Å². The molecule has 1 aromatic rings. The summed E-state index contributed by atoms with van der Waals surface area (Å²) in [5, 5.41) is 10.5. The minimum Gasteiger partial charge on any atom is -0.392 e. The third kappa shape index (κ3) is 3.53. The highest BCUT2D eigenvalue weighted by molar-refractivity contribution is 7.99. The van der Waals surface area contributed by atoms with Crippen LogP contribution >= 0.6 is 11.8 Å². The molecule has 0 aliphatic heterocycles. The van der Waals surface area contributed by atoms with E-state index in [9.17, 15) is 5.11 Å². The fourth-order valence-corrected chi connectivity index (χ4v) is 3.52. The van der Waals surface area contributed by atoms with Gasteiger partial charge < -0.3 is 5.11 Å². The van der Waals surface area contributed by atoms with E-state index in [1.807, 2.05) is 11.8 Å². The van der Waals surface area contributed by atoms with Gasteiger partial charge in [0.05, 0.1) is 6.10 Å². The first-order chi connectivity index (χ1) is 7.86. The number of hydrogen-bond acceptors (Lipinski definition) is 2. The molecule has 0 heterocycles. The van der Waals surface area contributed by atoms with Gasteiger partial charge in [-0.15, -0.1) is 0 Å². The molecule has 1 nitrogen and oxygen atoms in total. The molecule has 2 heteroatoms. The van der Waals surface area contributed by atoms with E-state index in [0.717, 1.165) is 12.2 Å². The maximum atomic E-state index is 10.0. The van der Waals surface area contributed by atoms with Crippen molar-refractivity contribution in [1.82, 2.24) is 0 Å². The third-order valence-electron chi connectivity index (χ3n) is 3.22. The lowest BCUT2D eigenvalue weighted by Gasteiger charge is -2.19. The van der Waals surface area contributed by atoms with Crippen LogP contribution in [-0.4, -0.2) is 16.5 Å². The van der Waals surface area contributed by atoms with Gasteiger partial charge >= 0.3 is 0 Å². The molecule has 1 aromatic carbocycles. The van der Waals surface area contributed by atoms with Crippen molar-refractivity contribution in [3.05, 3.63) is 35.9 Å². The SMILES string of the molecule is OC1CCCCCC1SCc1ccccc1. The van der Waals surface area contributed by atoms with Crippen molar-refractivity contribution >= 4 is 11.8 Å². The Hall–Kier alpha value is -0.470. The zero-order valence-electron chi connectivity index (χ0n) is 9.64. The van der Waals surface area contributed by atoms with Gasteiger partial charge in [-0.25, -0.2) is 0 Å². The maximum Gasteiger partial charge on any atom is 0.0658 e. The molecule has 0 bridgehead atoms. The summed E-state index contributed by atoms with van der Waals surface area (Å²) in [5.41, 5.74) is 1.36. The third-order valence-corrected chi connectivity index (χ3v) is 4.70. The number of rotatable bonds is 3. The second-order valence-electron chi connectivity index (χ2n) is 4.54. The van der Waals surface area contributed by atoms with E-state index in [2.05, 4.69) is 30.3 Å². The Morgan fingerprint density at radius 2 is 1.81 bits per heavy atom. The number of benzene rings is 1. The van der Waals surface area contributed by atoms with Gasteiger partial charge in [0.15, 0.2) is 0 Å². The summed E-state index contributed by atoms with van der Waals surface area (Å²) in [6, 6.07) is 10.5. The van der Waals surface area contributed by atoms with Crippen LogP contribution in [-0.2, 0) is 5.75 Å². The predicted octanol–water partition coefficient (Wildman–Crippen LogP) is 3.61. The molecule has 1 N–H and O–H groups in total. The van der Waals surface area contributed by atoms with Gasteiger partial charge in [-0.05, 0) is 18.4 Å². The standard InChI is InChI=1S/C14H20OS/c15-13-9-5-2-6-10-14(13)16-11-12-7-3-1-4-8-12/h1,3-4,7-8,13-15H,2,5-6,9-11H2. The molecule has 1 fully saturated rings.